The fourth-order valence-corrected chi connectivity index (χ4v) is 2.57. The van der Waals surface area contributed by atoms with Crippen LogP contribution in [0.1, 0.15) is 45.4 Å². The van der Waals surface area contributed by atoms with Gasteiger partial charge in [0, 0.05) is 13.2 Å². The van der Waals surface area contributed by atoms with Crippen LogP contribution in [0.25, 0.3) is 0 Å². The molecule has 0 heterocycles. The Morgan fingerprint density at radius 3 is 2.07 bits per heavy atom. The molecule has 0 unspecified atom stereocenters. The Bertz CT molecular complexity index is 134. The molecule has 0 aliphatic heterocycles. The molecule has 15 heavy (non-hydrogen) atoms. The van der Waals surface area contributed by atoms with Gasteiger partial charge in [0.25, 0.3) is 0 Å². The molecule has 0 radical (unpaired) electrons. The lowest BCUT2D eigenvalue weighted by atomic mass is 10.2. The van der Waals surface area contributed by atoms with Gasteiger partial charge in [-0.25, -0.2) is 0 Å². The van der Waals surface area contributed by atoms with E-state index in [0.29, 0.717) is 0 Å². The summed E-state index contributed by atoms with van der Waals surface area (Å²) in [4.78, 5) is 0. The van der Waals surface area contributed by atoms with Gasteiger partial charge in [-0.1, -0.05) is 32.6 Å². The van der Waals surface area contributed by atoms with E-state index < -0.39 is 8.41 Å². The molecule has 0 aliphatic carbocycles. The topological polar surface area (TPSA) is 9.23 Å². The highest BCUT2D eigenvalue weighted by Crippen LogP contribution is 2.14. The van der Waals surface area contributed by atoms with E-state index in [1.807, 2.05) is 0 Å². The summed E-state index contributed by atoms with van der Waals surface area (Å²) >= 11 is 0. The molecule has 1 nitrogen and oxygen atoms in total. The second kappa shape index (κ2) is 9.34. The predicted molar refractivity (Wildman–Crippen MR) is 67.6 cm³/mol. The minimum Gasteiger partial charge on any atom is -0.381 e. The summed E-state index contributed by atoms with van der Waals surface area (Å²) in [5, 5.41) is 0. The van der Waals surface area contributed by atoms with Gasteiger partial charge in [0.2, 0.25) is 8.41 Å². The molecule has 0 rings (SSSR count). The number of hydrogen-bond donors (Lipinski definition) is 0. The lowest BCUT2D eigenvalue weighted by molar-refractivity contribution is 0.127. The Morgan fingerprint density at radius 2 is 1.53 bits per heavy atom. The number of rotatable bonds is 10. The fourth-order valence-electron chi connectivity index (χ4n) is 1.48. The highest BCUT2D eigenvalue weighted by atomic mass is 28.4. The van der Waals surface area contributed by atoms with Gasteiger partial charge in [0.15, 0.2) is 0 Å². The van der Waals surface area contributed by atoms with Crippen molar-refractivity contribution in [1.29, 1.82) is 0 Å². The van der Waals surface area contributed by atoms with E-state index >= 15 is 0 Å². The lowest BCUT2D eigenvalue weighted by Gasteiger charge is -2.10. The SMILES string of the molecule is CCCCCCOCCCC[Si](C)(C)F. The van der Waals surface area contributed by atoms with Gasteiger partial charge in [0.1, 0.15) is 0 Å². The Morgan fingerprint density at radius 1 is 0.933 bits per heavy atom. The average Bonchev–Trinajstić information content (AvgIpc) is 2.14. The number of unbranched alkanes of at least 4 members (excludes halogenated alkanes) is 4. The fraction of sp³-hybridized carbons (Fsp3) is 1.00. The first kappa shape index (κ1) is 15.1. The van der Waals surface area contributed by atoms with Gasteiger partial charge in [-0.05, 0) is 32.0 Å². The van der Waals surface area contributed by atoms with Crippen molar-refractivity contribution in [3.05, 3.63) is 0 Å². The van der Waals surface area contributed by atoms with Crippen LogP contribution >= 0.6 is 0 Å². The van der Waals surface area contributed by atoms with E-state index in [1.165, 1.54) is 25.7 Å². The van der Waals surface area contributed by atoms with Crippen molar-refractivity contribution in [2.45, 2.75) is 64.6 Å². The summed E-state index contributed by atoms with van der Waals surface area (Å²) < 4.78 is 18.7. The molecule has 0 spiro atoms. The highest BCUT2D eigenvalue weighted by molar-refractivity contribution is 6.70. The van der Waals surface area contributed by atoms with Gasteiger partial charge in [-0.2, -0.15) is 0 Å². The maximum atomic E-state index is 13.2. The predicted octanol–water partition coefficient (Wildman–Crippen LogP) is 4.54. The molecule has 0 aliphatic rings. The lowest BCUT2D eigenvalue weighted by Crippen LogP contribution is -2.17. The monoisotopic (exact) mass is 234 g/mol. The van der Waals surface area contributed by atoms with Crippen LogP contribution in [-0.4, -0.2) is 21.6 Å². The number of ether oxygens (including phenoxy) is 1. The van der Waals surface area contributed by atoms with Crippen LogP contribution in [0.4, 0.5) is 4.11 Å². The van der Waals surface area contributed by atoms with Crippen molar-refractivity contribution >= 4 is 8.41 Å². The van der Waals surface area contributed by atoms with Gasteiger partial charge in [-0.3, -0.25) is 0 Å². The molecule has 0 N–H and O–H groups in total. The molecule has 0 atom stereocenters. The molecule has 0 fully saturated rings. The van der Waals surface area contributed by atoms with Crippen LogP contribution < -0.4 is 0 Å². The van der Waals surface area contributed by atoms with Crippen LogP contribution in [0.2, 0.25) is 19.1 Å². The minimum absolute atomic E-state index is 0.784. The molecule has 3 heteroatoms. The minimum atomic E-state index is -2.30. The van der Waals surface area contributed by atoms with E-state index in [-0.39, 0.29) is 0 Å². The molecule has 0 saturated heterocycles. The summed E-state index contributed by atoms with van der Waals surface area (Å²) in [6.45, 7) is 7.47. The smallest absolute Gasteiger partial charge is 0.240 e. The highest BCUT2D eigenvalue weighted by Gasteiger charge is 2.18. The van der Waals surface area contributed by atoms with Crippen LogP contribution in [0, 0.1) is 0 Å². The molecule has 0 saturated carbocycles. The van der Waals surface area contributed by atoms with Crippen molar-refractivity contribution in [2.75, 3.05) is 13.2 Å². The summed E-state index contributed by atoms with van der Waals surface area (Å²) in [6.07, 6.45) is 7.05. The van der Waals surface area contributed by atoms with E-state index in [9.17, 15) is 4.11 Å². The second-order valence-electron chi connectivity index (χ2n) is 4.85. The van der Waals surface area contributed by atoms with E-state index in [0.717, 1.165) is 32.1 Å². The molecule has 0 bridgehead atoms. The molecular formula is C12H27FOSi. The molecule has 0 aromatic rings. The number of halogens is 1. The largest absolute Gasteiger partial charge is 0.381 e. The third-order valence-electron chi connectivity index (χ3n) is 2.45. The Kier molecular flexibility index (Phi) is 9.41. The van der Waals surface area contributed by atoms with E-state index in [2.05, 4.69) is 6.92 Å². The van der Waals surface area contributed by atoms with Crippen molar-refractivity contribution < 1.29 is 8.84 Å². The zero-order valence-electron chi connectivity index (χ0n) is 10.7. The van der Waals surface area contributed by atoms with Crippen LogP contribution in [-0.2, 0) is 4.74 Å². The maximum absolute atomic E-state index is 13.2. The maximum Gasteiger partial charge on any atom is 0.240 e. The summed E-state index contributed by atoms with van der Waals surface area (Å²) in [5.41, 5.74) is 0. The molecule has 92 valence electrons. The van der Waals surface area contributed by atoms with Crippen molar-refractivity contribution in [1.82, 2.24) is 0 Å². The van der Waals surface area contributed by atoms with Crippen molar-refractivity contribution in [3.63, 3.8) is 0 Å². The van der Waals surface area contributed by atoms with Crippen molar-refractivity contribution in [2.24, 2.45) is 0 Å². The average molecular weight is 234 g/mol. The Balaban J connectivity index is 2.99. The Hall–Kier alpha value is 0.107. The summed E-state index contributed by atoms with van der Waals surface area (Å²) in [5.74, 6) is 0. The second-order valence-corrected chi connectivity index (χ2v) is 8.79. The normalized spacial score (nSPS) is 12.0. The van der Waals surface area contributed by atoms with Gasteiger partial charge < -0.3 is 8.84 Å². The third-order valence-corrected chi connectivity index (χ3v) is 3.99. The van der Waals surface area contributed by atoms with Crippen LogP contribution in [0.5, 0.6) is 0 Å². The van der Waals surface area contributed by atoms with Gasteiger partial charge in [0.05, 0.1) is 0 Å². The summed E-state index contributed by atoms with van der Waals surface area (Å²) in [7, 11) is -2.30. The van der Waals surface area contributed by atoms with Crippen molar-refractivity contribution in [3.8, 4) is 0 Å². The molecule has 0 aromatic carbocycles. The Labute approximate surface area is 95.6 Å². The number of hydrogen-bond acceptors (Lipinski definition) is 1. The van der Waals surface area contributed by atoms with Gasteiger partial charge in [-0.15, -0.1) is 0 Å². The first-order valence-corrected chi connectivity index (χ1v) is 9.41. The first-order valence-electron chi connectivity index (χ1n) is 6.33. The van der Waals surface area contributed by atoms with Crippen LogP contribution in [0.3, 0.4) is 0 Å². The molecular weight excluding hydrogens is 207 g/mol. The zero-order chi connectivity index (χ0) is 11.6. The zero-order valence-corrected chi connectivity index (χ0v) is 11.7. The molecule has 0 amide bonds. The summed E-state index contributed by atoms with van der Waals surface area (Å²) in [6, 6.07) is 0.784. The third kappa shape index (κ3) is 14.1. The van der Waals surface area contributed by atoms with E-state index in [1.54, 1.807) is 13.1 Å². The first-order chi connectivity index (χ1) is 7.06. The van der Waals surface area contributed by atoms with Crippen LogP contribution in [0.15, 0.2) is 0 Å². The quantitative estimate of drug-likeness (QED) is 0.306. The van der Waals surface area contributed by atoms with Gasteiger partial charge >= 0.3 is 0 Å². The van der Waals surface area contributed by atoms with E-state index in [4.69, 9.17) is 4.74 Å². The standard InChI is InChI=1S/C12H27FOSi/c1-4-5-6-7-10-14-11-8-9-12-15(2,3)13/h4-12H2,1-3H3. The molecule has 0 aromatic heterocycles.